The maximum Gasteiger partial charge on any atom is 0.249 e. The SMILES string of the molecule is CC(C)(C)c1cc(-n2c3ccccc3c3cc4c5c(c6ccccc6n5-c5cccc6c5B4c4ccc5c(c4S6)-c4ccccc4C54c5ccccc5-c5ccccc54)c32)cc(C(C)(C)C)c1. The molecule has 0 saturated carbocycles. The van der Waals surface area contributed by atoms with Crippen LogP contribution in [0.15, 0.2) is 186 Å². The summed E-state index contributed by atoms with van der Waals surface area (Å²) in [6, 6.07) is 68.1. The first kappa shape index (κ1) is 38.1. The van der Waals surface area contributed by atoms with Gasteiger partial charge < -0.3 is 9.13 Å². The van der Waals surface area contributed by atoms with E-state index in [9.17, 15) is 0 Å². The number of nitrogens with zero attached hydrogens (tertiary/aromatic N) is 2. The Hall–Kier alpha value is -7.01. The van der Waals surface area contributed by atoms with Crippen LogP contribution >= 0.6 is 11.8 Å². The third-order valence-corrected chi connectivity index (χ3v) is 17.3. The van der Waals surface area contributed by atoms with E-state index < -0.39 is 0 Å². The molecule has 0 atom stereocenters. The Balaban J connectivity index is 1.08. The topological polar surface area (TPSA) is 9.86 Å². The second kappa shape index (κ2) is 12.7. The van der Waals surface area contributed by atoms with E-state index in [-0.39, 0.29) is 23.0 Å². The first-order valence-electron chi connectivity index (χ1n) is 24.0. The molecule has 0 bridgehead atoms. The Morgan fingerprint density at radius 3 is 1.72 bits per heavy atom. The van der Waals surface area contributed by atoms with Crippen LogP contribution in [-0.4, -0.2) is 15.8 Å². The first-order chi connectivity index (χ1) is 32.5. The standard InChI is InChI=1S/C63H47BN2S/c1-61(2,3)36-32-37(62(4,5)6)34-38(33-36)65-51-26-15-10-20-41(51)44-35-50-59-56(58(44)65)43-22-11-16-27-52(43)66(59)53-28-17-29-54-57(53)64(50)49-31-30-48-55(60(49)67-54)42-21-9-14-25-47(42)63(48)45-23-12-7-18-39(45)40-19-8-13-24-46(40)63/h7-35H,1-6H3. The molecule has 67 heavy (non-hydrogen) atoms. The van der Waals surface area contributed by atoms with Crippen molar-refractivity contribution in [2.24, 2.45) is 0 Å². The van der Waals surface area contributed by atoms with Crippen LogP contribution in [0.3, 0.4) is 0 Å². The maximum atomic E-state index is 2.62. The molecule has 2 nitrogen and oxygen atoms in total. The van der Waals surface area contributed by atoms with Gasteiger partial charge in [-0.2, -0.15) is 0 Å². The van der Waals surface area contributed by atoms with E-state index in [0.717, 1.165) is 0 Å². The third-order valence-electron chi connectivity index (χ3n) is 16.1. The van der Waals surface area contributed by atoms with Crippen molar-refractivity contribution in [1.82, 2.24) is 9.13 Å². The minimum atomic E-state index is -0.388. The summed E-state index contributed by atoms with van der Waals surface area (Å²) in [5.74, 6) is 0. The predicted molar refractivity (Wildman–Crippen MR) is 284 cm³/mol. The summed E-state index contributed by atoms with van der Waals surface area (Å²) < 4.78 is 5.24. The largest absolute Gasteiger partial charge is 0.310 e. The van der Waals surface area contributed by atoms with Gasteiger partial charge in [-0.15, -0.1) is 0 Å². The van der Waals surface area contributed by atoms with Gasteiger partial charge in [-0.05, 0) is 108 Å². The number of aromatic nitrogens is 2. The van der Waals surface area contributed by atoms with Gasteiger partial charge in [-0.1, -0.05) is 198 Å². The second-order valence-electron chi connectivity index (χ2n) is 21.6. The molecular weight excluding hydrogens is 828 g/mol. The van der Waals surface area contributed by atoms with Gasteiger partial charge in [-0.3, -0.25) is 0 Å². The lowest BCUT2D eigenvalue weighted by Gasteiger charge is -2.35. The minimum Gasteiger partial charge on any atom is -0.310 e. The lowest BCUT2D eigenvalue weighted by molar-refractivity contribution is 0.568. The van der Waals surface area contributed by atoms with Crippen molar-refractivity contribution in [3.05, 3.63) is 209 Å². The van der Waals surface area contributed by atoms with Crippen LogP contribution in [0.4, 0.5) is 0 Å². The van der Waals surface area contributed by atoms with Crippen molar-refractivity contribution in [3.63, 3.8) is 0 Å². The number of hydrogen-bond donors (Lipinski definition) is 0. The Kier molecular flexibility index (Phi) is 7.23. The van der Waals surface area contributed by atoms with Gasteiger partial charge in [0.1, 0.15) is 0 Å². The van der Waals surface area contributed by atoms with Crippen LogP contribution < -0.4 is 16.4 Å². The molecule has 11 aromatic rings. The van der Waals surface area contributed by atoms with E-state index in [1.165, 1.54) is 137 Å². The highest BCUT2D eigenvalue weighted by Gasteiger charge is 2.53. The monoisotopic (exact) mass is 874 g/mol. The Morgan fingerprint density at radius 1 is 0.463 bits per heavy atom. The lowest BCUT2D eigenvalue weighted by atomic mass is 9.35. The molecule has 0 fully saturated rings. The zero-order chi connectivity index (χ0) is 44.9. The Labute approximate surface area is 396 Å². The smallest absolute Gasteiger partial charge is 0.249 e. The fourth-order valence-electron chi connectivity index (χ4n) is 13.2. The molecule has 2 aliphatic carbocycles. The molecule has 2 aliphatic heterocycles. The van der Waals surface area contributed by atoms with E-state index in [4.69, 9.17) is 0 Å². The molecule has 0 N–H and O–H groups in total. The van der Waals surface area contributed by atoms with Gasteiger partial charge in [0.05, 0.1) is 27.5 Å². The van der Waals surface area contributed by atoms with Crippen LogP contribution in [0.25, 0.3) is 77.2 Å². The molecule has 4 aliphatic rings. The highest BCUT2D eigenvalue weighted by Crippen LogP contribution is 2.64. The van der Waals surface area contributed by atoms with Crippen molar-refractivity contribution in [2.75, 3.05) is 0 Å². The van der Waals surface area contributed by atoms with Crippen LogP contribution in [-0.2, 0) is 16.2 Å². The summed E-state index contributed by atoms with van der Waals surface area (Å²) in [6.45, 7) is 14.1. The van der Waals surface area contributed by atoms with E-state index in [1.807, 2.05) is 11.8 Å². The highest BCUT2D eigenvalue weighted by molar-refractivity contribution is 8.00. The lowest BCUT2D eigenvalue weighted by Crippen LogP contribution is -2.58. The molecule has 0 unspecified atom stereocenters. The molecular formula is C63H47BN2S. The average Bonchev–Trinajstić information content (AvgIpc) is 4.05. The van der Waals surface area contributed by atoms with E-state index in [0.29, 0.717) is 0 Å². The first-order valence-corrected chi connectivity index (χ1v) is 24.8. The third kappa shape index (κ3) is 4.65. The predicted octanol–water partition coefficient (Wildman–Crippen LogP) is 14.1. The quantitative estimate of drug-likeness (QED) is 0.149. The number of para-hydroxylation sites is 2. The van der Waals surface area contributed by atoms with Crippen LogP contribution in [0, 0.1) is 0 Å². The molecule has 9 aromatic carbocycles. The van der Waals surface area contributed by atoms with Crippen LogP contribution in [0.5, 0.6) is 0 Å². The van der Waals surface area contributed by atoms with E-state index in [2.05, 4.69) is 227 Å². The van der Waals surface area contributed by atoms with Crippen LogP contribution in [0.2, 0.25) is 0 Å². The van der Waals surface area contributed by atoms with Crippen molar-refractivity contribution in [2.45, 2.75) is 67.6 Å². The molecule has 1 spiro atoms. The summed E-state index contributed by atoms with van der Waals surface area (Å²) in [5.41, 5.74) is 25.1. The van der Waals surface area contributed by atoms with E-state index in [1.54, 1.807) is 0 Å². The summed E-state index contributed by atoms with van der Waals surface area (Å²) >= 11 is 1.99. The molecule has 2 aromatic heterocycles. The zero-order valence-corrected chi connectivity index (χ0v) is 39.4. The maximum absolute atomic E-state index is 2.62. The fraction of sp³-hybridized carbons (Fsp3) is 0.143. The van der Waals surface area contributed by atoms with Gasteiger partial charge in [0.2, 0.25) is 6.71 Å². The molecule has 318 valence electrons. The van der Waals surface area contributed by atoms with Crippen molar-refractivity contribution in [3.8, 4) is 33.6 Å². The molecule has 0 saturated heterocycles. The van der Waals surface area contributed by atoms with Crippen LogP contribution in [0.1, 0.15) is 74.9 Å². The average molecular weight is 875 g/mol. The Morgan fingerprint density at radius 2 is 1.04 bits per heavy atom. The Bertz CT molecular complexity index is 3980. The number of rotatable bonds is 1. The van der Waals surface area contributed by atoms with Crippen molar-refractivity contribution < 1.29 is 0 Å². The van der Waals surface area contributed by atoms with Gasteiger partial charge in [0.15, 0.2) is 0 Å². The van der Waals surface area contributed by atoms with Gasteiger partial charge in [0.25, 0.3) is 0 Å². The molecule has 15 rings (SSSR count). The second-order valence-corrected chi connectivity index (χ2v) is 22.6. The van der Waals surface area contributed by atoms with Crippen molar-refractivity contribution in [1.29, 1.82) is 0 Å². The summed E-state index contributed by atoms with van der Waals surface area (Å²) in [5, 5.41) is 5.23. The summed E-state index contributed by atoms with van der Waals surface area (Å²) in [4.78, 5) is 2.74. The molecule has 0 amide bonds. The van der Waals surface area contributed by atoms with E-state index >= 15 is 0 Å². The van der Waals surface area contributed by atoms with Gasteiger partial charge >= 0.3 is 0 Å². The summed E-state index contributed by atoms with van der Waals surface area (Å²) in [7, 11) is 0. The summed E-state index contributed by atoms with van der Waals surface area (Å²) in [6.07, 6.45) is 0. The molecule has 4 heteroatoms. The van der Waals surface area contributed by atoms with Gasteiger partial charge in [-0.25, -0.2) is 0 Å². The number of fused-ring (bicyclic) bond motifs is 22. The normalized spacial score (nSPS) is 14.7. The highest BCUT2D eigenvalue weighted by atomic mass is 32.2. The fourth-order valence-corrected chi connectivity index (χ4v) is 14.5. The van der Waals surface area contributed by atoms with Crippen molar-refractivity contribution >= 4 is 78.5 Å². The minimum absolute atomic E-state index is 0.0210. The number of benzene rings is 9. The number of hydrogen-bond acceptors (Lipinski definition) is 1. The molecule has 0 radical (unpaired) electrons. The molecule has 4 heterocycles. The van der Waals surface area contributed by atoms with Gasteiger partial charge in [0, 0.05) is 48.3 Å². The zero-order valence-electron chi connectivity index (χ0n) is 38.6.